The first kappa shape index (κ1) is 24.3. The molecule has 8 rings (SSSR count). The molecule has 5 N–H and O–H groups in total. The monoisotopic (exact) mass is 516 g/mol. The number of fused-ring (bicyclic) bond motifs is 2. The fourth-order valence-corrected chi connectivity index (χ4v) is 9.18. The average Bonchev–Trinajstić information content (AvgIpc) is 3.36. The van der Waals surface area contributed by atoms with E-state index in [2.05, 4.69) is 29.3 Å². The molecule has 6 fully saturated rings. The Hall–Kier alpha value is -1.79. The highest BCUT2D eigenvalue weighted by Gasteiger charge is 2.77. The lowest BCUT2D eigenvalue weighted by Gasteiger charge is -2.62. The summed E-state index contributed by atoms with van der Waals surface area (Å²) >= 11 is 0. The van der Waals surface area contributed by atoms with Gasteiger partial charge in [0.15, 0.2) is 12.5 Å². The van der Waals surface area contributed by atoms with Gasteiger partial charge in [-0.05, 0) is 36.8 Å². The van der Waals surface area contributed by atoms with Crippen molar-refractivity contribution in [2.45, 2.75) is 99.7 Å². The fourth-order valence-electron chi connectivity index (χ4n) is 9.18. The summed E-state index contributed by atoms with van der Waals surface area (Å²) in [4.78, 5) is 14.6. The minimum atomic E-state index is -1.49. The van der Waals surface area contributed by atoms with Crippen molar-refractivity contribution in [2.24, 2.45) is 17.8 Å². The predicted octanol–water partition coefficient (Wildman–Crippen LogP) is -0.0748. The summed E-state index contributed by atoms with van der Waals surface area (Å²) in [7, 11) is 0. The third-order valence-corrected chi connectivity index (χ3v) is 10.4. The highest BCUT2D eigenvalue weighted by molar-refractivity contribution is 5.67. The van der Waals surface area contributed by atoms with Crippen molar-refractivity contribution in [1.29, 1.82) is 0 Å². The van der Waals surface area contributed by atoms with Gasteiger partial charge in [-0.25, -0.2) is 0 Å². The molecule has 1 aromatic rings. The van der Waals surface area contributed by atoms with Gasteiger partial charge in [0.05, 0.1) is 18.8 Å². The van der Waals surface area contributed by atoms with Crippen LogP contribution in [-0.4, -0.2) is 99.1 Å². The molecule has 1 spiro atoms. The Bertz CT molecular complexity index is 1090. The third kappa shape index (κ3) is 3.03. The molecular weight excluding hydrogens is 480 g/mol. The first-order valence-electron chi connectivity index (χ1n) is 13.6. The molecule has 10 heteroatoms. The van der Waals surface area contributed by atoms with Crippen molar-refractivity contribution in [3.05, 3.63) is 29.8 Å². The van der Waals surface area contributed by atoms with Crippen molar-refractivity contribution in [2.75, 3.05) is 11.9 Å². The second-order valence-electron chi connectivity index (χ2n) is 11.8. The highest BCUT2D eigenvalue weighted by Crippen LogP contribution is 2.69. The molecule has 0 radical (unpaired) electrons. The quantitative estimate of drug-likeness (QED) is 0.338. The molecule has 6 bridgehead atoms. The van der Waals surface area contributed by atoms with Crippen LogP contribution in [0.2, 0.25) is 0 Å². The smallest absolute Gasteiger partial charge is 0.304 e. The molecule has 6 aliphatic heterocycles. The van der Waals surface area contributed by atoms with Gasteiger partial charge in [0, 0.05) is 41.9 Å². The Morgan fingerprint density at radius 1 is 1.19 bits per heavy atom. The van der Waals surface area contributed by atoms with Gasteiger partial charge in [-0.1, -0.05) is 25.1 Å². The number of ether oxygens (including phenoxy) is 3. The van der Waals surface area contributed by atoms with E-state index in [1.54, 1.807) is 0 Å². The zero-order chi connectivity index (χ0) is 25.8. The number of piperidine rings is 4. The van der Waals surface area contributed by atoms with Gasteiger partial charge >= 0.3 is 5.97 Å². The van der Waals surface area contributed by atoms with Crippen molar-refractivity contribution in [3.63, 3.8) is 0 Å². The molecule has 6 heterocycles. The number of aliphatic hydroxyl groups excluding tert-OH is 4. The van der Waals surface area contributed by atoms with Crippen molar-refractivity contribution in [3.8, 4) is 0 Å². The molecule has 15 atom stereocenters. The van der Waals surface area contributed by atoms with Crippen LogP contribution in [0.25, 0.3) is 0 Å². The Kier molecular flexibility index (Phi) is 5.48. The Morgan fingerprint density at radius 2 is 1.97 bits per heavy atom. The van der Waals surface area contributed by atoms with Crippen LogP contribution >= 0.6 is 0 Å². The van der Waals surface area contributed by atoms with Crippen LogP contribution in [0.3, 0.4) is 0 Å². The summed E-state index contributed by atoms with van der Waals surface area (Å²) in [5.41, 5.74) is 1.87. The number of hydrogen-bond donors (Lipinski definition) is 5. The number of anilines is 1. The normalized spacial score (nSPS) is 52.5. The van der Waals surface area contributed by atoms with E-state index in [9.17, 15) is 25.2 Å². The van der Waals surface area contributed by atoms with Crippen LogP contribution < -0.4 is 5.32 Å². The minimum Gasteiger partial charge on any atom is -0.446 e. The second kappa shape index (κ2) is 8.35. The van der Waals surface area contributed by atoms with Crippen LogP contribution in [0.15, 0.2) is 24.3 Å². The number of para-hydroxylation sites is 1. The molecule has 1 aromatic carbocycles. The first-order chi connectivity index (χ1) is 17.8. The van der Waals surface area contributed by atoms with Gasteiger partial charge in [-0.3, -0.25) is 9.69 Å². The number of rotatable bonds is 5. The molecular formula is C27H36N2O8. The van der Waals surface area contributed by atoms with Crippen LogP contribution in [0.4, 0.5) is 5.69 Å². The van der Waals surface area contributed by atoms with Crippen molar-refractivity contribution >= 4 is 11.7 Å². The molecule has 1 aliphatic carbocycles. The first-order valence-corrected chi connectivity index (χ1v) is 13.6. The molecule has 0 amide bonds. The molecule has 7 aliphatic rings. The maximum absolute atomic E-state index is 12.1. The molecule has 10 nitrogen and oxygen atoms in total. The summed E-state index contributed by atoms with van der Waals surface area (Å²) in [5.74, 6) is 0.251. The van der Waals surface area contributed by atoms with Gasteiger partial charge in [-0.15, -0.1) is 0 Å². The number of esters is 1. The minimum absolute atomic E-state index is 0.0156. The number of benzene rings is 1. The Morgan fingerprint density at radius 3 is 2.70 bits per heavy atom. The topological polar surface area (TPSA) is 141 Å². The lowest BCUT2D eigenvalue weighted by Crippen LogP contribution is -2.72. The molecule has 37 heavy (non-hydrogen) atoms. The zero-order valence-electron chi connectivity index (χ0n) is 21.0. The molecule has 5 saturated heterocycles. The lowest BCUT2D eigenvalue weighted by atomic mass is 9.62. The number of carbonyl (C=O) groups is 1. The van der Waals surface area contributed by atoms with Gasteiger partial charge in [0.2, 0.25) is 0 Å². The van der Waals surface area contributed by atoms with E-state index in [-0.39, 0.29) is 59.6 Å². The largest absolute Gasteiger partial charge is 0.446 e. The van der Waals surface area contributed by atoms with E-state index in [0.717, 1.165) is 24.9 Å². The highest BCUT2D eigenvalue weighted by atomic mass is 16.7. The summed E-state index contributed by atoms with van der Waals surface area (Å²) < 4.78 is 18.6. The third-order valence-electron chi connectivity index (χ3n) is 10.4. The number of carbonyl (C=O) groups excluding carboxylic acids is 1. The average molecular weight is 517 g/mol. The summed E-state index contributed by atoms with van der Waals surface area (Å²) in [5, 5.41) is 45.2. The summed E-state index contributed by atoms with van der Waals surface area (Å²) in [6.07, 6.45) is -4.59. The number of hydrogen-bond acceptors (Lipinski definition) is 10. The Balaban J connectivity index is 1.33. The van der Waals surface area contributed by atoms with Crippen molar-refractivity contribution < 1.29 is 39.4 Å². The molecule has 10 unspecified atom stereocenters. The van der Waals surface area contributed by atoms with Gasteiger partial charge in [-0.2, -0.15) is 0 Å². The van der Waals surface area contributed by atoms with E-state index in [0.29, 0.717) is 0 Å². The van der Waals surface area contributed by atoms with E-state index in [1.807, 2.05) is 12.1 Å². The number of aliphatic hydroxyl groups is 4. The van der Waals surface area contributed by atoms with E-state index >= 15 is 0 Å². The molecule has 202 valence electrons. The summed E-state index contributed by atoms with van der Waals surface area (Å²) in [6.45, 7) is 3.11. The molecule has 1 saturated carbocycles. The second-order valence-corrected chi connectivity index (χ2v) is 11.8. The molecule has 0 aromatic heterocycles. The fraction of sp³-hybridized carbons (Fsp3) is 0.741. The van der Waals surface area contributed by atoms with Crippen molar-refractivity contribution in [1.82, 2.24) is 4.90 Å². The maximum atomic E-state index is 12.1. The SMILES string of the molecule is CCC1C2CC3C4Nc5ccccc5C45CC(C2C5O[C@@H]2O[C@H](CO)[C@@H](O)[C@H](O)[C@H]2O)N3C1OC(C)=O. The summed E-state index contributed by atoms with van der Waals surface area (Å²) in [6, 6.07) is 8.59. The standard InChI is InChI=1S/C27H36N2O8/c1-3-12-13-8-16-23-27(14-6-4-5-7-15(14)28-23)9-17(29(16)25(12)35-11(2)31)19(13)24(27)37-26-22(34)21(33)20(32)18(10-30)36-26/h4-7,12-13,16-26,28,30,32-34H,3,8-10H2,1-2H3/t12?,13?,16?,17?,18-,19?,20-,21+,22-,23?,24?,25?,26+,27?/m1/s1. The van der Waals surface area contributed by atoms with Crippen LogP contribution in [-0.2, 0) is 24.4 Å². The van der Waals surface area contributed by atoms with Crippen LogP contribution in [0.1, 0.15) is 38.7 Å². The number of nitrogens with zero attached hydrogens (tertiary/aromatic N) is 1. The van der Waals surface area contributed by atoms with E-state index in [4.69, 9.17) is 14.2 Å². The van der Waals surface area contributed by atoms with Crippen LogP contribution in [0.5, 0.6) is 0 Å². The maximum Gasteiger partial charge on any atom is 0.304 e. The van der Waals surface area contributed by atoms with E-state index < -0.39 is 37.3 Å². The zero-order valence-corrected chi connectivity index (χ0v) is 21.0. The lowest BCUT2D eigenvalue weighted by molar-refractivity contribution is -0.320. The van der Waals surface area contributed by atoms with Gasteiger partial charge < -0.3 is 40.0 Å². The van der Waals surface area contributed by atoms with Gasteiger partial charge in [0.1, 0.15) is 24.4 Å². The Labute approximate surface area is 215 Å². The van der Waals surface area contributed by atoms with Crippen LogP contribution in [0, 0.1) is 17.8 Å². The predicted molar refractivity (Wildman–Crippen MR) is 129 cm³/mol. The van der Waals surface area contributed by atoms with Gasteiger partial charge in [0.25, 0.3) is 0 Å². The number of nitrogens with one attached hydrogen (secondary N) is 1. The van der Waals surface area contributed by atoms with E-state index in [1.165, 1.54) is 12.5 Å².